The second-order valence-electron chi connectivity index (χ2n) is 15.8. The van der Waals surface area contributed by atoms with Gasteiger partial charge < -0.3 is 18.6 Å². The van der Waals surface area contributed by atoms with E-state index in [-0.39, 0.29) is 11.1 Å². The number of Topliss-reactive ketones (excluding diaryl/α,β-unsaturated/α-hetero) is 2. The van der Waals surface area contributed by atoms with Crippen molar-refractivity contribution in [2.24, 2.45) is 27.6 Å². The molecule has 3 aliphatic heterocycles. The quantitative estimate of drug-likeness (QED) is 0.335. The molecule has 2 saturated carbocycles. The van der Waals surface area contributed by atoms with E-state index in [0.717, 1.165) is 0 Å². The highest BCUT2D eigenvalue weighted by Crippen LogP contribution is 2.70. The zero-order valence-electron chi connectivity index (χ0n) is 26.9. The number of hydrogen-bond acceptors (Lipinski definition) is 9. The number of aryl methyl sites for hydroxylation is 1. The summed E-state index contributed by atoms with van der Waals surface area (Å²) in [6, 6.07) is 4.89. The molecule has 4 bridgehead atoms. The van der Waals surface area contributed by atoms with Crippen LogP contribution in [0.3, 0.4) is 0 Å². The van der Waals surface area contributed by atoms with Crippen molar-refractivity contribution in [1.29, 1.82) is 0 Å². The van der Waals surface area contributed by atoms with Crippen molar-refractivity contribution >= 4 is 34.5 Å². The number of hydrogen-bond donors (Lipinski definition) is 0. The van der Waals surface area contributed by atoms with Crippen LogP contribution in [0.15, 0.2) is 27.4 Å². The molecule has 234 valence electrons. The lowest BCUT2D eigenvalue weighted by molar-refractivity contribution is -0.177. The van der Waals surface area contributed by atoms with Crippen LogP contribution in [0.1, 0.15) is 98.1 Å². The maximum atomic E-state index is 15.5. The van der Waals surface area contributed by atoms with E-state index < -0.39 is 79.4 Å². The predicted molar refractivity (Wildman–Crippen MR) is 158 cm³/mol. The third-order valence-electron chi connectivity index (χ3n) is 13.4. The van der Waals surface area contributed by atoms with E-state index in [2.05, 4.69) is 0 Å². The van der Waals surface area contributed by atoms with Crippen molar-refractivity contribution in [2.75, 3.05) is 0 Å². The van der Waals surface area contributed by atoms with Crippen molar-refractivity contribution < 1.29 is 37.8 Å². The van der Waals surface area contributed by atoms with Gasteiger partial charge in [-0.25, -0.2) is 4.79 Å². The first-order valence-electron chi connectivity index (χ1n) is 15.5. The molecule has 1 aromatic carbocycles. The lowest BCUT2D eigenvalue weighted by Gasteiger charge is -2.49. The van der Waals surface area contributed by atoms with Crippen LogP contribution in [0.4, 0.5) is 0 Å². The van der Waals surface area contributed by atoms with Gasteiger partial charge in [0.25, 0.3) is 0 Å². The molecular weight excluding hydrogens is 564 g/mol. The first-order valence-corrected chi connectivity index (χ1v) is 15.5. The molecule has 6 atom stereocenters. The maximum Gasteiger partial charge on any atom is 0.336 e. The molecule has 44 heavy (non-hydrogen) atoms. The Kier molecular flexibility index (Phi) is 5.32. The summed E-state index contributed by atoms with van der Waals surface area (Å²) in [5.41, 5.74) is -7.31. The van der Waals surface area contributed by atoms with Gasteiger partial charge in [-0.1, -0.05) is 27.7 Å². The van der Waals surface area contributed by atoms with E-state index in [0.29, 0.717) is 42.4 Å². The van der Waals surface area contributed by atoms with E-state index in [9.17, 15) is 14.4 Å². The molecule has 0 N–H and O–H groups in total. The maximum absolute atomic E-state index is 15.5. The summed E-state index contributed by atoms with van der Waals surface area (Å²) in [4.78, 5) is 70.1. The Labute approximate surface area is 256 Å². The minimum absolute atomic E-state index is 0.162. The monoisotopic (exact) mass is 604 g/mol. The average molecular weight is 605 g/mol. The van der Waals surface area contributed by atoms with Gasteiger partial charge in [0.2, 0.25) is 0 Å². The molecule has 0 spiro atoms. The Morgan fingerprint density at radius 2 is 1.25 bits per heavy atom. The number of carbonyl (C=O) groups excluding carboxylic acids is 4. The number of benzene rings is 1. The van der Waals surface area contributed by atoms with Crippen LogP contribution >= 0.6 is 0 Å². The zero-order valence-corrected chi connectivity index (χ0v) is 26.9. The number of esters is 2. The highest BCUT2D eigenvalue weighted by molar-refractivity contribution is 6.08. The average Bonchev–Trinajstić information content (AvgIpc) is 3.38. The number of rotatable bonds is 4. The molecule has 4 heterocycles. The first-order chi connectivity index (χ1) is 20.2. The first kappa shape index (κ1) is 29.2. The molecule has 7 rings (SSSR count). The van der Waals surface area contributed by atoms with Gasteiger partial charge in [0.05, 0.1) is 22.7 Å². The molecule has 5 aliphatic rings. The Bertz CT molecular complexity index is 1790. The van der Waals surface area contributed by atoms with E-state index in [1.54, 1.807) is 32.9 Å². The fraction of sp³-hybridized carbons (Fsp3) is 0.629. The van der Waals surface area contributed by atoms with Crippen LogP contribution in [-0.2, 0) is 28.7 Å². The highest BCUT2D eigenvalue weighted by Gasteiger charge is 2.80. The van der Waals surface area contributed by atoms with Gasteiger partial charge in [-0.3, -0.25) is 19.2 Å². The zero-order chi connectivity index (χ0) is 32.2. The van der Waals surface area contributed by atoms with E-state index >= 15 is 9.59 Å². The van der Waals surface area contributed by atoms with Gasteiger partial charge in [-0.05, 0) is 78.0 Å². The molecule has 2 aliphatic carbocycles. The Morgan fingerprint density at radius 1 is 0.727 bits per heavy atom. The van der Waals surface area contributed by atoms with Crippen molar-refractivity contribution in [2.45, 2.75) is 111 Å². The summed E-state index contributed by atoms with van der Waals surface area (Å²) in [5, 5.41) is 0.603. The van der Waals surface area contributed by atoms with Crippen LogP contribution in [-0.4, -0.2) is 40.3 Å². The van der Waals surface area contributed by atoms with E-state index in [1.807, 2.05) is 41.5 Å². The molecule has 4 fully saturated rings. The van der Waals surface area contributed by atoms with Gasteiger partial charge in [0, 0.05) is 27.8 Å². The second-order valence-corrected chi connectivity index (χ2v) is 15.8. The van der Waals surface area contributed by atoms with Gasteiger partial charge >= 0.3 is 17.6 Å². The highest BCUT2D eigenvalue weighted by atomic mass is 16.6. The van der Waals surface area contributed by atoms with Gasteiger partial charge in [-0.15, -0.1) is 0 Å². The minimum Gasteiger partial charge on any atom is -0.487 e. The van der Waals surface area contributed by atoms with Crippen LogP contribution in [0, 0.1) is 34.5 Å². The van der Waals surface area contributed by atoms with Gasteiger partial charge in [0.1, 0.15) is 16.9 Å². The number of ketones is 2. The van der Waals surface area contributed by atoms with Crippen LogP contribution < -0.4 is 10.4 Å². The molecule has 1 aromatic heterocycles. The van der Waals surface area contributed by atoms with Crippen molar-refractivity contribution in [1.82, 2.24) is 0 Å². The summed E-state index contributed by atoms with van der Waals surface area (Å²) < 4.78 is 24.5. The second kappa shape index (κ2) is 8.01. The smallest absolute Gasteiger partial charge is 0.336 e. The lowest BCUT2D eigenvalue weighted by Crippen LogP contribution is -2.62. The molecular formula is C35H40O9. The largest absolute Gasteiger partial charge is 0.487 e. The Morgan fingerprint density at radius 3 is 1.73 bits per heavy atom. The van der Waals surface area contributed by atoms with Crippen molar-refractivity contribution in [3.05, 3.63) is 39.7 Å². The Balaban J connectivity index is 1.52. The van der Waals surface area contributed by atoms with Gasteiger partial charge in [0.15, 0.2) is 22.8 Å². The third kappa shape index (κ3) is 2.91. The molecule has 0 radical (unpaired) electrons. The standard InChI is InChI=1S/C35H40O9/c1-17-16-20(36)41-24-18(17)10-11-19-21(24)22(25(37)34-14-12-32(8,27(39)43-34)30(34,4)5)23(29(2,3)42-19)26(38)35-15-13-33(9,28(40)44-35)31(35,6)7/h10-11,16,22-23H,12-15H2,1-9H3/t22-,23-,32-,33-,34+,35+/m0/s1. The summed E-state index contributed by atoms with van der Waals surface area (Å²) in [7, 11) is 0. The molecule has 2 aromatic rings. The molecule has 9 nitrogen and oxygen atoms in total. The van der Waals surface area contributed by atoms with Crippen LogP contribution in [0.25, 0.3) is 11.0 Å². The molecule has 2 saturated heterocycles. The van der Waals surface area contributed by atoms with Crippen LogP contribution in [0.5, 0.6) is 5.75 Å². The minimum atomic E-state index is -1.53. The van der Waals surface area contributed by atoms with E-state index in [1.165, 1.54) is 6.07 Å². The van der Waals surface area contributed by atoms with Crippen LogP contribution in [0.2, 0.25) is 0 Å². The third-order valence-corrected chi connectivity index (χ3v) is 13.4. The summed E-state index contributed by atoms with van der Waals surface area (Å²) >= 11 is 0. The Hall–Kier alpha value is -3.49. The normalized spacial score (nSPS) is 38.7. The van der Waals surface area contributed by atoms with Crippen molar-refractivity contribution in [3.8, 4) is 5.75 Å². The van der Waals surface area contributed by atoms with Gasteiger partial charge in [-0.2, -0.15) is 0 Å². The lowest BCUT2D eigenvalue weighted by atomic mass is 9.57. The summed E-state index contributed by atoms with van der Waals surface area (Å²) in [6.45, 7) is 16.5. The summed E-state index contributed by atoms with van der Waals surface area (Å²) in [6.07, 6.45) is 1.54. The SMILES string of the molecule is Cc1cc(=O)oc2c3c(ccc12)OC(C)(C)[C@H](C(=O)[C@@]12CC[C@@](C)(C(=O)O1)C2(C)C)[C@H]3C(=O)[C@@]12CC[C@@](C)(C(=O)O1)C2(C)C. The number of ether oxygens (including phenoxy) is 3. The number of fused-ring (bicyclic) bond motifs is 7. The molecule has 9 heteroatoms. The topological polar surface area (TPSA) is 126 Å². The fourth-order valence-electron chi connectivity index (χ4n) is 9.51. The number of carbonyl (C=O) groups is 4. The van der Waals surface area contributed by atoms with E-state index in [4.69, 9.17) is 18.6 Å². The summed E-state index contributed by atoms with van der Waals surface area (Å²) in [5.74, 6) is -3.77. The fourth-order valence-corrected chi connectivity index (χ4v) is 9.51. The van der Waals surface area contributed by atoms with Crippen molar-refractivity contribution in [3.63, 3.8) is 0 Å². The molecule has 0 amide bonds. The predicted octanol–water partition coefficient (Wildman–Crippen LogP) is 5.35. The molecule has 0 unspecified atom stereocenters.